The Labute approximate surface area is 105 Å². The molecular weight excluding hydrogens is 232 g/mol. The number of hydrazine groups is 1. The molecule has 0 aliphatic carbocycles. The number of aryl methyl sites for hydroxylation is 2. The van der Waals surface area contributed by atoms with Crippen molar-refractivity contribution in [3.05, 3.63) is 28.3 Å². The van der Waals surface area contributed by atoms with Crippen LogP contribution in [-0.4, -0.2) is 9.97 Å². The Morgan fingerprint density at radius 1 is 1.35 bits per heavy atom. The average Bonchev–Trinajstić information content (AvgIpc) is 2.76. The van der Waals surface area contributed by atoms with Gasteiger partial charge >= 0.3 is 0 Å². The Bertz CT molecular complexity index is 508. The van der Waals surface area contributed by atoms with Crippen LogP contribution in [0.1, 0.15) is 23.7 Å². The molecule has 0 radical (unpaired) electrons. The van der Waals surface area contributed by atoms with E-state index in [2.05, 4.69) is 40.7 Å². The van der Waals surface area contributed by atoms with Crippen molar-refractivity contribution < 1.29 is 0 Å². The van der Waals surface area contributed by atoms with Crippen molar-refractivity contribution in [3.8, 4) is 10.7 Å². The van der Waals surface area contributed by atoms with E-state index in [4.69, 9.17) is 5.84 Å². The van der Waals surface area contributed by atoms with Gasteiger partial charge in [-0.25, -0.2) is 15.8 Å². The van der Waals surface area contributed by atoms with Crippen LogP contribution in [0, 0.1) is 13.8 Å². The van der Waals surface area contributed by atoms with Gasteiger partial charge in [0.25, 0.3) is 0 Å². The summed E-state index contributed by atoms with van der Waals surface area (Å²) < 4.78 is 0. The molecule has 0 atom stereocenters. The van der Waals surface area contributed by atoms with E-state index in [-0.39, 0.29) is 0 Å². The molecule has 2 aromatic heterocycles. The predicted molar refractivity (Wildman–Crippen MR) is 72.0 cm³/mol. The van der Waals surface area contributed by atoms with E-state index < -0.39 is 0 Å². The molecule has 0 saturated carbocycles. The van der Waals surface area contributed by atoms with E-state index >= 15 is 0 Å². The van der Waals surface area contributed by atoms with Crippen molar-refractivity contribution in [3.63, 3.8) is 0 Å². The number of rotatable bonds is 3. The molecular formula is C12H16N4S. The zero-order chi connectivity index (χ0) is 12.4. The summed E-state index contributed by atoms with van der Waals surface area (Å²) in [5.74, 6) is 6.96. The number of hydrogen-bond donors (Lipinski definition) is 2. The first-order chi connectivity index (χ1) is 8.17. The quantitative estimate of drug-likeness (QED) is 0.647. The minimum absolute atomic E-state index is 0.708. The lowest BCUT2D eigenvalue weighted by atomic mass is 10.2. The molecule has 5 heteroatoms. The largest absolute Gasteiger partial charge is 0.308 e. The van der Waals surface area contributed by atoms with Gasteiger partial charge in [-0.15, -0.1) is 11.3 Å². The molecule has 90 valence electrons. The third-order valence-corrected chi connectivity index (χ3v) is 3.80. The monoisotopic (exact) mass is 248 g/mol. The third-order valence-electron chi connectivity index (χ3n) is 2.78. The maximum atomic E-state index is 5.50. The molecule has 0 amide bonds. The van der Waals surface area contributed by atoms with Gasteiger partial charge in [0.05, 0.1) is 4.88 Å². The van der Waals surface area contributed by atoms with Crippen LogP contribution in [0.25, 0.3) is 10.7 Å². The first kappa shape index (κ1) is 12.0. The molecule has 17 heavy (non-hydrogen) atoms. The summed E-state index contributed by atoms with van der Waals surface area (Å²) in [6, 6.07) is 2.07. The molecule has 0 spiro atoms. The highest BCUT2D eigenvalue weighted by molar-refractivity contribution is 7.13. The topological polar surface area (TPSA) is 63.8 Å². The number of nitrogens with zero attached hydrogens (tertiary/aromatic N) is 2. The van der Waals surface area contributed by atoms with E-state index in [1.807, 2.05) is 6.92 Å². The fraction of sp³-hybridized carbons (Fsp3) is 0.333. The maximum absolute atomic E-state index is 5.50. The molecule has 2 heterocycles. The Morgan fingerprint density at radius 2 is 2.12 bits per heavy atom. The summed E-state index contributed by atoms with van der Waals surface area (Å²) in [5, 5.41) is 2.05. The highest BCUT2D eigenvalue weighted by Crippen LogP contribution is 2.28. The molecule has 0 bridgehead atoms. The minimum Gasteiger partial charge on any atom is -0.308 e. The minimum atomic E-state index is 0.708. The molecule has 0 aliphatic rings. The van der Waals surface area contributed by atoms with E-state index in [9.17, 15) is 0 Å². The summed E-state index contributed by atoms with van der Waals surface area (Å²) in [5.41, 5.74) is 5.90. The van der Waals surface area contributed by atoms with Gasteiger partial charge in [0.2, 0.25) is 0 Å². The van der Waals surface area contributed by atoms with Crippen molar-refractivity contribution in [2.75, 3.05) is 5.43 Å². The van der Waals surface area contributed by atoms with E-state index in [1.165, 1.54) is 5.56 Å². The lowest BCUT2D eigenvalue weighted by Crippen LogP contribution is -2.13. The number of nitrogen functional groups attached to an aromatic ring is 1. The van der Waals surface area contributed by atoms with Crippen LogP contribution < -0.4 is 11.3 Å². The number of anilines is 1. The number of nitrogens with one attached hydrogen (secondary N) is 1. The van der Waals surface area contributed by atoms with Crippen LogP contribution in [0.4, 0.5) is 5.82 Å². The molecule has 0 fully saturated rings. The van der Waals surface area contributed by atoms with Crippen molar-refractivity contribution in [1.29, 1.82) is 0 Å². The van der Waals surface area contributed by atoms with Crippen molar-refractivity contribution >= 4 is 17.2 Å². The van der Waals surface area contributed by atoms with Crippen molar-refractivity contribution in [2.24, 2.45) is 5.84 Å². The van der Waals surface area contributed by atoms with Gasteiger partial charge < -0.3 is 5.43 Å². The Balaban J connectivity index is 2.60. The fourth-order valence-electron chi connectivity index (χ4n) is 1.75. The molecule has 2 aromatic rings. The van der Waals surface area contributed by atoms with Crippen LogP contribution in [0.5, 0.6) is 0 Å². The summed E-state index contributed by atoms with van der Waals surface area (Å²) in [7, 11) is 0. The maximum Gasteiger partial charge on any atom is 0.172 e. The van der Waals surface area contributed by atoms with Gasteiger partial charge in [-0.05, 0) is 37.3 Å². The first-order valence-electron chi connectivity index (χ1n) is 5.56. The molecule has 0 aromatic carbocycles. The van der Waals surface area contributed by atoms with Gasteiger partial charge in [0.1, 0.15) is 5.82 Å². The zero-order valence-corrected chi connectivity index (χ0v) is 11.1. The summed E-state index contributed by atoms with van der Waals surface area (Å²) in [4.78, 5) is 10.2. The molecule has 4 nitrogen and oxygen atoms in total. The van der Waals surface area contributed by atoms with Crippen molar-refractivity contribution in [1.82, 2.24) is 9.97 Å². The van der Waals surface area contributed by atoms with Gasteiger partial charge in [0.15, 0.2) is 5.82 Å². The number of hydrogen-bond acceptors (Lipinski definition) is 5. The molecule has 0 saturated heterocycles. The summed E-state index contributed by atoms with van der Waals surface area (Å²) >= 11 is 1.65. The van der Waals surface area contributed by atoms with E-state index in [1.54, 1.807) is 11.3 Å². The summed E-state index contributed by atoms with van der Waals surface area (Å²) in [6.07, 6.45) is 0.875. The second-order valence-electron chi connectivity index (χ2n) is 3.90. The summed E-state index contributed by atoms with van der Waals surface area (Å²) in [6.45, 7) is 6.13. The van der Waals surface area contributed by atoms with Gasteiger partial charge in [-0.1, -0.05) is 6.92 Å². The number of aromatic nitrogens is 2. The van der Waals surface area contributed by atoms with Crippen LogP contribution in [0.15, 0.2) is 11.4 Å². The molecule has 2 rings (SSSR count). The van der Waals surface area contributed by atoms with Crippen molar-refractivity contribution in [2.45, 2.75) is 27.2 Å². The molecule has 3 N–H and O–H groups in total. The average molecular weight is 248 g/mol. The van der Waals surface area contributed by atoms with Crippen LogP contribution in [-0.2, 0) is 6.42 Å². The Kier molecular flexibility index (Phi) is 3.40. The number of thiophene rings is 1. The Morgan fingerprint density at radius 3 is 2.65 bits per heavy atom. The van der Waals surface area contributed by atoms with E-state index in [0.29, 0.717) is 5.82 Å². The normalized spacial score (nSPS) is 10.6. The predicted octanol–water partition coefficient (Wildman–Crippen LogP) is 2.67. The van der Waals surface area contributed by atoms with Gasteiger partial charge in [-0.3, -0.25) is 0 Å². The number of nitrogens with two attached hydrogens (primary N) is 1. The van der Waals surface area contributed by atoms with E-state index in [0.717, 1.165) is 28.4 Å². The zero-order valence-electron chi connectivity index (χ0n) is 10.2. The highest BCUT2D eigenvalue weighted by Gasteiger charge is 2.12. The smallest absolute Gasteiger partial charge is 0.172 e. The molecule has 0 unspecified atom stereocenters. The lowest BCUT2D eigenvalue weighted by Gasteiger charge is -2.10. The fourth-order valence-corrected chi connectivity index (χ4v) is 2.61. The first-order valence-corrected chi connectivity index (χ1v) is 6.44. The SMILES string of the molecule is CCc1nc(-c2sccc2C)nc(NN)c1C. The lowest BCUT2D eigenvalue weighted by molar-refractivity contribution is 0.974. The standard InChI is InChI=1S/C12H16N4S/c1-4-9-8(3)11(16-13)15-12(14-9)10-7(2)5-6-17-10/h5-6H,4,13H2,1-3H3,(H,14,15,16). The highest BCUT2D eigenvalue weighted by atomic mass is 32.1. The van der Waals surface area contributed by atoms with Crippen LogP contribution in [0.3, 0.4) is 0 Å². The van der Waals surface area contributed by atoms with Gasteiger partial charge in [-0.2, -0.15) is 0 Å². The second-order valence-corrected chi connectivity index (χ2v) is 4.81. The van der Waals surface area contributed by atoms with Crippen LogP contribution >= 0.6 is 11.3 Å². The molecule has 0 aliphatic heterocycles. The van der Waals surface area contributed by atoms with Crippen LogP contribution in [0.2, 0.25) is 0 Å². The second kappa shape index (κ2) is 4.81. The third kappa shape index (κ3) is 2.16. The van der Waals surface area contributed by atoms with Gasteiger partial charge in [0, 0.05) is 11.3 Å². The Hall–Kier alpha value is -1.46.